The number of aryl methyl sites for hydroxylation is 1. The van der Waals surface area contributed by atoms with Crippen molar-refractivity contribution in [3.05, 3.63) is 18.2 Å². The molecule has 0 fully saturated rings. The van der Waals surface area contributed by atoms with E-state index in [1.165, 1.54) is 0 Å². The van der Waals surface area contributed by atoms with Gasteiger partial charge in [0.25, 0.3) is 0 Å². The highest BCUT2D eigenvalue weighted by atomic mass is 16.5. The number of aromatic nitrogens is 2. The number of hydrogen-bond donors (Lipinski definition) is 1. The van der Waals surface area contributed by atoms with Crippen LogP contribution in [-0.4, -0.2) is 29.3 Å². The van der Waals surface area contributed by atoms with Gasteiger partial charge in [0.2, 0.25) is 0 Å². The molecule has 0 unspecified atom stereocenters. The highest BCUT2D eigenvalue weighted by molar-refractivity contribution is 4.92. The van der Waals surface area contributed by atoms with Crippen LogP contribution in [-0.2, 0) is 17.7 Å². The van der Waals surface area contributed by atoms with Gasteiger partial charge in [-0.05, 0) is 6.42 Å². The van der Waals surface area contributed by atoms with Crippen molar-refractivity contribution in [2.75, 3.05) is 19.8 Å². The zero-order chi connectivity index (χ0) is 10.2. The lowest BCUT2D eigenvalue weighted by molar-refractivity contribution is 0.132. The molecular weight excluding hydrogens is 178 g/mol. The maximum atomic E-state index is 5.32. The van der Waals surface area contributed by atoms with Gasteiger partial charge in [-0.1, -0.05) is 6.92 Å². The fraction of sp³-hybridized carbons (Fsp3) is 0.700. The molecule has 14 heavy (non-hydrogen) atoms. The fourth-order valence-corrected chi connectivity index (χ4v) is 1.34. The van der Waals surface area contributed by atoms with Crippen molar-refractivity contribution >= 4 is 0 Å². The third-order valence-corrected chi connectivity index (χ3v) is 2.01. The lowest BCUT2D eigenvalue weighted by Crippen LogP contribution is -2.13. The van der Waals surface area contributed by atoms with Crippen molar-refractivity contribution in [3.63, 3.8) is 0 Å². The van der Waals surface area contributed by atoms with Gasteiger partial charge in [0.05, 0.1) is 13.2 Å². The Kier molecular flexibility index (Phi) is 5.25. The summed E-state index contributed by atoms with van der Waals surface area (Å²) in [5, 5.41) is 0. The van der Waals surface area contributed by atoms with Crippen LogP contribution in [0, 0.1) is 0 Å². The topological polar surface area (TPSA) is 53.1 Å². The van der Waals surface area contributed by atoms with Crippen LogP contribution in [0.5, 0.6) is 0 Å². The first-order valence-corrected chi connectivity index (χ1v) is 5.16. The van der Waals surface area contributed by atoms with Crippen LogP contribution in [0.3, 0.4) is 0 Å². The molecule has 0 atom stereocenters. The molecule has 4 nitrogen and oxygen atoms in total. The van der Waals surface area contributed by atoms with E-state index in [0.29, 0.717) is 19.8 Å². The Morgan fingerprint density at radius 3 is 3.07 bits per heavy atom. The molecule has 0 bridgehead atoms. The maximum absolute atomic E-state index is 5.32. The molecule has 0 amide bonds. The first kappa shape index (κ1) is 11.2. The second-order valence-electron chi connectivity index (χ2n) is 3.19. The van der Waals surface area contributed by atoms with Crippen molar-refractivity contribution in [2.45, 2.75) is 26.3 Å². The van der Waals surface area contributed by atoms with E-state index in [1.807, 2.05) is 12.4 Å². The van der Waals surface area contributed by atoms with E-state index in [-0.39, 0.29) is 0 Å². The first-order chi connectivity index (χ1) is 6.88. The summed E-state index contributed by atoms with van der Waals surface area (Å²) in [6, 6.07) is 0. The van der Waals surface area contributed by atoms with Crippen LogP contribution in [0.1, 0.15) is 19.2 Å². The molecule has 0 radical (unpaired) electrons. The molecule has 0 aromatic carbocycles. The van der Waals surface area contributed by atoms with Gasteiger partial charge in [-0.15, -0.1) is 0 Å². The summed E-state index contributed by atoms with van der Waals surface area (Å²) in [5.41, 5.74) is 5.32. The fourth-order valence-electron chi connectivity index (χ4n) is 1.34. The van der Waals surface area contributed by atoms with Crippen LogP contribution in [0.4, 0.5) is 0 Å². The number of hydrogen-bond acceptors (Lipinski definition) is 3. The Balaban J connectivity index is 2.30. The van der Waals surface area contributed by atoms with E-state index in [1.54, 1.807) is 0 Å². The molecule has 2 N–H and O–H groups in total. The van der Waals surface area contributed by atoms with Gasteiger partial charge in [0.1, 0.15) is 5.82 Å². The van der Waals surface area contributed by atoms with E-state index in [9.17, 15) is 0 Å². The normalized spacial score (nSPS) is 10.7. The van der Waals surface area contributed by atoms with Crippen molar-refractivity contribution in [2.24, 2.45) is 5.73 Å². The first-order valence-electron chi connectivity index (χ1n) is 5.16. The summed E-state index contributed by atoms with van der Waals surface area (Å²) in [4.78, 5) is 4.29. The van der Waals surface area contributed by atoms with E-state index >= 15 is 0 Å². The standard InChI is InChI=1S/C10H19N3O/c1-2-3-10-12-5-6-13(10)7-9-14-8-4-11/h5-6H,2-4,7-9,11H2,1H3. The van der Waals surface area contributed by atoms with Crippen LogP contribution in [0.2, 0.25) is 0 Å². The molecule has 1 aromatic rings. The van der Waals surface area contributed by atoms with Gasteiger partial charge < -0.3 is 15.0 Å². The summed E-state index contributed by atoms with van der Waals surface area (Å²) < 4.78 is 7.45. The van der Waals surface area contributed by atoms with Crippen LogP contribution < -0.4 is 5.73 Å². The zero-order valence-electron chi connectivity index (χ0n) is 8.78. The minimum absolute atomic E-state index is 0.589. The highest BCUT2D eigenvalue weighted by Gasteiger charge is 2.00. The summed E-state index contributed by atoms with van der Waals surface area (Å²) in [5.74, 6) is 1.14. The van der Waals surface area contributed by atoms with E-state index in [2.05, 4.69) is 16.5 Å². The Labute approximate surface area is 85.1 Å². The Hall–Kier alpha value is -0.870. The quantitative estimate of drug-likeness (QED) is 0.658. The molecule has 4 heteroatoms. The highest BCUT2D eigenvalue weighted by Crippen LogP contribution is 2.00. The number of rotatable bonds is 7. The van der Waals surface area contributed by atoms with Crippen molar-refractivity contribution in [1.82, 2.24) is 9.55 Å². The molecule has 1 heterocycles. The average molecular weight is 197 g/mol. The van der Waals surface area contributed by atoms with Crippen LogP contribution in [0.25, 0.3) is 0 Å². The van der Waals surface area contributed by atoms with E-state index in [0.717, 1.165) is 25.2 Å². The zero-order valence-corrected chi connectivity index (χ0v) is 8.78. The van der Waals surface area contributed by atoms with Crippen molar-refractivity contribution in [3.8, 4) is 0 Å². The summed E-state index contributed by atoms with van der Waals surface area (Å²) in [6.07, 6.45) is 6.00. The molecule has 0 saturated carbocycles. The number of nitrogens with two attached hydrogens (primary N) is 1. The third-order valence-electron chi connectivity index (χ3n) is 2.01. The molecule has 80 valence electrons. The molecular formula is C10H19N3O. The van der Waals surface area contributed by atoms with Gasteiger partial charge >= 0.3 is 0 Å². The van der Waals surface area contributed by atoms with Gasteiger partial charge in [0, 0.05) is 31.9 Å². The number of ether oxygens (including phenoxy) is 1. The van der Waals surface area contributed by atoms with Gasteiger partial charge in [-0.3, -0.25) is 0 Å². The molecule has 0 aliphatic carbocycles. The second kappa shape index (κ2) is 6.56. The minimum atomic E-state index is 0.589. The molecule has 1 aromatic heterocycles. The predicted molar refractivity (Wildman–Crippen MR) is 56.1 cm³/mol. The third kappa shape index (κ3) is 3.47. The number of nitrogens with zero attached hydrogens (tertiary/aromatic N) is 2. The minimum Gasteiger partial charge on any atom is -0.378 e. The van der Waals surface area contributed by atoms with Crippen molar-refractivity contribution in [1.29, 1.82) is 0 Å². The van der Waals surface area contributed by atoms with Gasteiger partial charge in [0.15, 0.2) is 0 Å². The molecule has 0 spiro atoms. The molecule has 1 rings (SSSR count). The second-order valence-corrected chi connectivity index (χ2v) is 3.19. The van der Waals surface area contributed by atoms with Gasteiger partial charge in [-0.2, -0.15) is 0 Å². The SMILES string of the molecule is CCCc1nccn1CCOCCN. The summed E-state index contributed by atoms with van der Waals surface area (Å²) in [6.45, 7) is 4.97. The maximum Gasteiger partial charge on any atom is 0.108 e. The van der Waals surface area contributed by atoms with Crippen molar-refractivity contribution < 1.29 is 4.74 Å². The monoisotopic (exact) mass is 197 g/mol. The molecule has 0 aliphatic rings. The Morgan fingerprint density at radius 2 is 2.36 bits per heavy atom. The average Bonchev–Trinajstić information content (AvgIpc) is 2.61. The Bertz CT molecular complexity index is 247. The molecule has 0 saturated heterocycles. The molecule has 0 aliphatic heterocycles. The smallest absolute Gasteiger partial charge is 0.108 e. The van der Waals surface area contributed by atoms with Gasteiger partial charge in [-0.25, -0.2) is 4.98 Å². The summed E-state index contributed by atoms with van der Waals surface area (Å²) >= 11 is 0. The van der Waals surface area contributed by atoms with Crippen LogP contribution in [0.15, 0.2) is 12.4 Å². The Morgan fingerprint density at radius 1 is 1.50 bits per heavy atom. The lowest BCUT2D eigenvalue weighted by atomic mass is 10.3. The van der Waals surface area contributed by atoms with Crippen LogP contribution >= 0.6 is 0 Å². The lowest BCUT2D eigenvalue weighted by Gasteiger charge is -2.07. The van der Waals surface area contributed by atoms with E-state index in [4.69, 9.17) is 10.5 Å². The number of imidazole rings is 1. The largest absolute Gasteiger partial charge is 0.378 e. The predicted octanol–water partition coefficient (Wildman–Crippen LogP) is 0.811. The summed E-state index contributed by atoms with van der Waals surface area (Å²) in [7, 11) is 0. The van der Waals surface area contributed by atoms with E-state index < -0.39 is 0 Å².